The Morgan fingerprint density at radius 2 is 2.19 bits per heavy atom. The van der Waals surface area contributed by atoms with Gasteiger partial charge in [-0.2, -0.15) is 0 Å². The highest BCUT2D eigenvalue weighted by atomic mass is 16.5. The largest absolute Gasteiger partial charge is 0.497 e. The Kier molecular flexibility index (Phi) is 2.44. The molecule has 0 fully saturated rings. The van der Waals surface area contributed by atoms with Gasteiger partial charge in [0.15, 0.2) is 0 Å². The summed E-state index contributed by atoms with van der Waals surface area (Å²) in [7, 11) is 1.58. The summed E-state index contributed by atoms with van der Waals surface area (Å²) in [6.07, 6.45) is 0. The van der Waals surface area contributed by atoms with Gasteiger partial charge in [-0.15, -0.1) is 0 Å². The Morgan fingerprint density at radius 3 is 2.75 bits per heavy atom. The minimum atomic E-state index is -0.245. The zero-order valence-corrected chi connectivity index (χ0v) is 9.15. The summed E-state index contributed by atoms with van der Waals surface area (Å²) in [5.74, 6) is 0.690. The molecule has 0 saturated heterocycles. The highest BCUT2D eigenvalue weighted by molar-refractivity contribution is 5.45. The van der Waals surface area contributed by atoms with Crippen molar-refractivity contribution in [2.45, 2.75) is 6.92 Å². The Morgan fingerprint density at radius 1 is 1.44 bits per heavy atom. The SMILES string of the molecule is COc1cccc(-n2[nH]c(C)c(N)c2=O)c1. The average Bonchev–Trinajstić information content (AvgIpc) is 2.57. The van der Waals surface area contributed by atoms with E-state index >= 15 is 0 Å². The number of nitrogens with one attached hydrogen (secondary N) is 1. The topological polar surface area (TPSA) is 73.0 Å². The van der Waals surface area contributed by atoms with Crippen LogP contribution in [0.3, 0.4) is 0 Å². The van der Waals surface area contributed by atoms with E-state index in [1.807, 2.05) is 12.1 Å². The van der Waals surface area contributed by atoms with Gasteiger partial charge in [0.05, 0.1) is 18.5 Å². The number of hydrogen-bond acceptors (Lipinski definition) is 3. The van der Waals surface area contributed by atoms with Gasteiger partial charge in [-0.05, 0) is 19.1 Å². The fraction of sp³-hybridized carbons (Fsp3) is 0.182. The van der Waals surface area contributed by atoms with Crippen LogP contribution in [0.5, 0.6) is 5.75 Å². The number of aryl methyl sites for hydroxylation is 1. The van der Waals surface area contributed by atoms with Crippen molar-refractivity contribution in [3.63, 3.8) is 0 Å². The lowest BCUT2D eigenvalue weighted by molar-refractivity contribution is 0.414. The van der Waals surface area contributed by atoms with E-state index in [1.54, 1.807) is 26.2 Å². The van der Waals surface area contributed by atoms with Gasteiger partial charge in [-0.1, -0.05) is 6.07 Å². The number of nitrogens with zero attached hydrogens (tertiary/aromatic N) is 1. The second-order valence-corrected chi connectivity index (χ2v) is 3.49. The van der Waals surface area contributed by atoms with Gasteiger partial charge in [0.2, 0.25) is 0 Å². The van der Waals surface area contributed by atoms with E-state index in [0.717, 1.165) is 0 Å². The summed E-state index contributed by atoms with van der Waals surface area (Å²) >= 11 is 0. The molecule has 16 heavy (non-hydrogen) atoms. The molecule has 2 aromatic rings. The quantitative estimate of drug-likeness (QED) is 0.793. The zero-order chi connectivity index (χ0) is 11.7. The minimum Gasteiger partial charge on any atom is -0.497 e. The van der Waals surface area contributed by atoms with Crippen LogP contribution in [0.25, 0.3) is 5.69 Å². The number of methoxy groups -OCH3 is 1. The van der Waals surface area contributed by atoms with Crippen LogP contribution in [-0.2, 0) is 0 Å². The zero-order valence-electron chi connectivity index (χ0n) is 9.15. The predicted octanol–water partition coefficient (Wildman–Crippen LogP) is 1.06. The second-order valence-electron chi connectivity index (χ2n) is 3.49. The number of nitrogen functional groups attached to an aromatic ring is 1. The van der Waals surface area contributed by atoms with Gasteiger partial charge in [0.1, 0.15) is 11.4 Å². The summed E-state index contributed by atoms with van der Waals surface area (Å²) in [5, 5.41) is 2.90. The lowest BCUT2D eigenvalue weighted by Crippen LogP contribution is -2.16. The lowest BCUT2D eigenvalue weighted by Gasteiger charge is -2.04. The predicted molar refractivity (Wildman–Crippen MR) is 62.1 cm³/mol. The molecule has 0 saturated carbocycles. The van der Waals surface area contributed by atoms with Crippen molar-refractivity contribution in [2.75, 3.05) is 12.8 Å². The van der Waals surface area contributed by atoms with Crippen LogP contribution in [-0.4, -0.2) is 16.9 Å². The monoisotopic (exact) mass is 219 g/mol. The Hall–Kier alpha value is -2.17. The number of nitrogens with two attached hydrogens (primary N) is 1. The van der Waals surface area contributed by atoms with Crippen LogP contribution in [0.2, 0.25) is 0 Å². The number of ether oxygens (including phenoxy) is 1. The first-order valence-corrected chi connectivity index (χ1v) is 4.85. The number of rotatable bonds is 2. The van der Waals surface area contributed by atoms with E-state index < -0.39 is 0 Å². The van der Waals surface area contributed by atoms with Gasteiger partial charge >= 0.3 is 0 Å². The van der Waals surface area contributed by atoms with Crippen molar-refractivity contribution in [2.24, 2.45) is 0 Å². The molecule has 84 valence electrons. The lowest BCUT2D eigenvalue weighted by atomic mass is 10.3. The van der Waals surface area contributed by atoms with Gasteiger partial charge in [0.25, 0.3) is 5.56 Å². The summed E-state index contributed by atoms with van der Waals surface area (Å²) in [6, 6.07) is 7.19. The van der Waals surface area contributed by atoms with Crippen LogP contribution < -0.4 is 16.0 Å². The van der Waals surface area contributed by atoms with Crippen molar-refractivity contribution < 1.29 is 4.74 Å². The maximum atomic E-state index is 11.8. The highest BCUT2D eigenvalue weighted by Gasteiger charge is 2.09. The van der Waals surface area contributed by atoms with Crippen LogP contribution in [0, 0.1) is 6.92 Å². The first kappa shape index (κ1) is 10.4. The van der Waals surface area contributed by atoms with Crippen molar-refractivity contribution in [3.05, 3.63) is 40.3 Å². The second kappa shape index (κ2) is 3.77. The Labute approximate surface area is 92.4 Å². The first-order valence-electron chi connectivity index (χ1n) is 4.85. The number of hydrogen-bond donors (Lipinski definition) is 2. The van der Waals surface area contributed by atoms with Crippen LogP contribution in [0.4, 0.5) is 5.69 Å². The maximum Gasteiger partial charge on any atom is 0.294 e. The van der Waals surface area contributed by atoms with Gasteiger partial charge in [-0.25, -0.2) is 4.68 Å². The molecule has 1 heterocycles. The third kappa shape index (κ3) is 1.56. The Bertz CT molecular complexity index is 569. The molecule has 0 atom stereocenters. The summed E-state index contributed by atoms with van der Waals surface area (Å²) in [5.41, 5.74) is 6.97. The first-order chi connectivity index (χ1) is 7.63. The molecular formula is C11H13N3O2. The van der Waals surface area contributed by atoms with Crippen LogP contribution in [0.15, 0.2) is 29.1 Å². The molecule has 0 spiro atoms. The molecular weight excluding hydrogens is 206 g/mol. The maximum absolute atomic E-state index is 11.8. The molecule has 0 aliphatic carbocycles. The fourth-order valence-corrected chi connectivity index (χ4v) is 1.49. The summed E-state index contributed by atoms with van der Waals surface area (Å²) in [4.78, 5) is 11.8. The summed E-state index contributed by atoms with van der Waals surface area (Å²) < 4.78 is 6.49. The minimum absolute atomic E-state index is 0.239. The molecule has 0 radical (unpaired) electrons. The molecule has 0 unspecified atom stereocenters. The number of anilines is 1. The van der Waals surface area contributed by atoms with Gasteiger partial charge < -0.3 is 10.5 Å². The van der Waals surface area contributed by atoms with E-state index in [9.17, 15) is 4.79 Å². The molecule has 0 aliphatic heterocycles. The third-order valence-electron chi connectivity index (χ3n) is 2.43. The van der Waals surface area contributed by atoms with Crippen LogP contribution in [0.1, 0.15) is 5.69 Å². The summed E-state index contributed by atoms with van der Waals surface area (Å²) in [6.45, 7) is 1.76. The number of H-pyrrole nitrogens is 1. The molecule has 3 N–H and O–H groups in total. The number of benzene rings is 1. The normalized spacial score (nSPS) is 10.4. The smallest absolute Gasteiger partial charge is 0.294 e. The molecule has 5 heteroatoms. The van der Waals surface area contributed by atoms with E-state index in [0.29, 0.717) is 17.1 Å². The molecule has 1 aromatic carbocycles. The van der Waals surface area contributed by atoms with E-state index in [2.05, 4.69) is 5.10 Å². The number of aromatic amines is 1. The van der Waals surface area contributed by atoms with Crippen molar-refractivity contribution in [1.29, 1.82) is 0 Å². The molecule has 0 aliphatic rings. The van der Waals surface area contributed by atoms with E-state index in [-0.39, 0.29) is 11.2 Å². The van der Waals surface area contributed by atoms with Crippen LogP contribution >= 0.6 is 0 Å². The third-order valence-corrected chi connectivity index (χ3v) is 2.43. The molecule has 1 aromatic heterocycles. The number of aromatic nitrogens is 2. The fourth-order valence-electron chi connectivity index (χ4n) is 1.49. The molecule has 0 amide bonds. The molecule has 5 nitrogen and oxygen atoms in total. The van der Waals surface area contributed by atoms with Gasteiger partial charge in [-0.3, -0.25) is 9.89 Å². The van der Waals surface area contributed by atoms with E-state index in [4.69, 9.17) is 10.5 Å². The van der Waals surface area contributed by atoms with E-state index in [1.165, 1.54) is 4.68 Å². The molecule has 2 rings (SSSR count). The Balaban J connectivity index is 2.58. The van der Waals surface area contributed by atoms with Crippen molar-refractivity contribution >= 4 is 5.69 Å². The standard InChI is InChI=1S/C11H13N3O2/c1-7-10(12)11(15)14(13-7)8-4-3-5-9(6-8)16-2/h3-6,13H,12H2,1-2H3. The van der Waals surface area contributed by atoms with Gasteiger partial charge in [0, 0.05) is 6.07 Å². The van der Waals surface area contributed by atoms with Crippen molar-refractivity contribution in [3.8, 4) is 11.4 Å². The highest BCUT2D eigenvalue weighted by Crippen LogP contribution is 2.15. The van der Waals surface area contributed by atoms with Crippen molar-refractivity contribution in [1.82, 2.24) is 9.78 Å². The average molecular weight is 219 g/mol. The molecule has 0 bridgehead atoms.